The van der Waals surface area contributed by atoms with Crippen LogP contribution in [-0.4, -0.2) is 0 Å². The summed E-state index contributed by atoms with van der Waals surface area (Å²) in [7, 11) is 3.87. The number of nitrogens with zero attached hydrogens (tertiary/aromatic N) is 2. The molecule has 2 nitrogen and oxygen atoms in total. The smallest absolute Gasteiger partial charge is 0.271 e. The van der Waals surface area contributed by atoms with Gasteiger partial charge in [-0.1, -0.05) is 0 Å². The van der Waals surface area contributed by atoms with E-state index in [-0.39, 0.29) is 48.0 Å². The van der Waals surface area contributed by atoms with Gasteiger partial charge < -0.3 is 48.0 Å². The molecule has 0 amide bonds. The summed E-state index contributed by atoms with van der Waals surface area (Å²) in [5.74, 6) is 0. The van der Waals surface area contributed by atoms with Crippen molar-refractivity contribution < 1.29 is 57.1 Å². The summed E-state index contributed by atoms with van der Waals surface area (Å²) in [5, 5.41) is 1.74. The van der Waals surface area contributed by atoms with E-state index in [9.17, 15) is 0 Å². The lowest BCUT2D eigenvalue weighted by Gasteiger charge is -1.84. The molecule has 2 rings (SSSR count). The first-order valence-electron chi connectivity index (χ1n) is 4.84. The van der Waals surface area contributed by atoms with Crippen LogP contribution in [0.4, 0.5) is 0 Å². The first-order chi connectivity index (χ1) is 7.61. The van der Waals surface area contributed by atoms with Gasteiger partial charge in [-0.05, 0) is 37.4 Å². The van der Waals surface area contributed by atoms with Gasteiger partial charge in [0.05, 0.1) is 0 Å². The zero-order chi connectivity index (χ0) is 12.0. The third kappa shape index (κ3) is 7.59. The number of hydrogen-bond donors (Lipinski definition) is 0. The van der Waals surface area contributed by atoms with Crippen molar-refractivity contribution in [1.82, 2.24) is 0 Å². The fraction of sp³-hybridized carbons (Fsp3) is 0.167. The maximum atomic E-state index is 4.92. The van der Waals surface area contributed by atoms with E-state index < -0.39 is 0 Å². The van der Waals surface area contributed by atoms with E-state index in [1.54, 1.807) is 0 Å². The maximum absolute atomic E-state index is 4.92. The molecule has 2 aromatic heterocycles. The molecule has 18 heavy (non-hydrogen) atoms. The van der Waals surface area contributed by atoms with Gasteiger partial charge in [-0.25, -0.2) is 0 Å². The lowest BCUT2D eigenvalue weighted by molar-refractivity contribution is -0.708. The second kappa shape index (κ2) is 11.1. The highest BCUT2D eigenvalue weighted by Gasteiger charge is 1.95. The molecular weight excluding hydrogens is 490 g/mol. The molecule has 0 saturated carbocycles. The Morgan fingerprint density at radius 2 is 1.06 bits per heavy atom. The SMILES string of the molecule is C[n+]1ccccc1[S].C[n+]1ccccc1[S].[I-].[I-]. The molecule has 2 radical (unpaired) electrons. The summed E-state index contributed by atoms with van der Waals surface area (Å²) in [6.07, 6.45) is 3.87. The first kappa shape index (κ1) is 20.5. The van der Waals surface area contributed by atoms with Crippen LogP contribution in [0.1, 0.15) is 0 Å². The van der Waals surface area contributed by atoms with Crippen molar-refractivity contribution in [2.45, 2.75) is 10.1 Å². The van der Waals surface area contributed by atoms with Crippen molar-refractivity contribution in [3.8, 4) is 0 Å². The van der Waals surface area contributed by atoms with Crippen molar-refractivity contribution in [2.24, 2.45) is 14.1 Å². The molecule has 2 heterocycles. The monoisotopic (exact) mass is 504 g/mol. The van der Waals surface area contributed by atoms with Gasteiger partial charge in [0, 0.05) is 24.3 Å². The largest absolute Gasteiger partial charge is 1.00 e. The van der Waals surface area contributed by atoms with E-state index in [2.05, 4.69) is 0 Å². The minimum atomic E-state index is 0. The van der Waals surface area contributed by atoms with Crippen LogP contribution < -0.4 is 57.1 Å². The molecular formula is C12H14I2N2S2. The van der Waals surface area contributed by atoms with Crippen LogP contribution in [0.2, 0.25) is 0 Å². The molecule has 0 saturated heterocycles. The molecule has 0 fully saturated rings. The second-order valence-corrected chi connectivity index (χ2v) is 4.14. The molecule has 0 bridgehead atoms. The van der Waals surface area contributed by atoms with Crippen molar-refractivity contribution in [3.63, 3.8) is 0 Å². The summed E-state index contributed by atoms with van der Waals surface area (Å²) < 4.78 is 3.80. The molecule has 0 aliphatic carbocycles. The quantitative estimate of drug-likeness (QED) is 0.257. The molecule has 2 aromatic rings. The number of aromatic nitrogens is 2. The van der Waals surface area contributed by atoms with Gasteiger partial charge in [0.1, 0.15) is 14.1 Å². The number of pyridine rings is 2. The molecule has 0 aromatic carbocycles. The summed E-state index contributed by atoms with van der Waals surface area (Å²) in [6, 6.07) is 11.6. The Balaban J connectivity index is 0. The van der Waals surface area contributed by atoms with E-state index in [4.69, 9.17) is 25.3 Å². The molecule has 0 spiro atoms. The van der Waals surface area contributed by atoms with Crippen LogP contribution in [0.25, 0.3) is 0 Å². The average molecular weight is 504 g/mol. The second-order valence-electron chi connectivity index (χ2n) is 3.30. The van der Waals surface area contributed by atoms with Crippen molar-refractivity contribution >= 4 is 25.3 Å². The predicted octanol–water partition coefficient (Wildman–Crippen LogP) is -3.86. The lowest BCUT2D eigenvalue weighted by atomic mass is 10.5. The maximum Gasteiger partial charge on any atom is 0.271 e. The fourth-order valence-corrected chi connectivity index (χ4v) is 1.29. The van der Waals surface area contributed by atoms with E-state index in [0.29, 0.717) is 0 Å². The van der Waals surface area contributed by atoms with Crippen LogP contribution in [0.5, 0.6) is 0 Å². The number of aryl methyl sites for hydroxylation is 2. The molecule has 6 heteroatoms. The first-order valence-corrected chi connectivity index (χ1v) is 5.66. The van der Waals surface area contributed by atoms with Gasteiger partial charge in [-0.2, -0.15) is 9.13 Å². The van der Waals surface area contributed by atoms with E-state index in [1.807, 2.05) is 72.0 Å². The molecule has 0 aliphatic heterocycles. The predicted molar refractivity (Wildman–Crippen MR) is 67.0 cm³/mol. The van der Waals surface area contributed by atoms with Gasteiger partial charge in [0.25, 0.3) is 10.1 Å². The summed E-state index contributed by atoms with van der Waals surface area (Å²) in [4.78, 5) is 0. The third-order valence-electron chi connectivity index (χ3n) is 2.01. The van der Waals surface area contributed by atoms with Gasteiger partial charge in [0.15, 0.2) is 12.4 Å². The Morgan fingerprint density at radius 1 is 0.722 bits per heavy atom. The highest BCUT2D eigenvalue weighted by Crippen LogP contribution is 1.93. The van der Waals surface area contributed by atoms with E-state index in [1.165, 1.54) is 0 Å². The zero-order valence-electron chi connectivity index (χ0n) is 10.1. The standard InChI is InChI=1S/2C6H7NS.2HI/c2*1-7-5-3-2-4-6(7)8;;/h2*2-5H,1H3;2*1H/q2*+1;;/p-2. The minimum absolute atomic E-state index is 0. The number of rotatable bonds is 0. The molecule has 0 aliphatic rings. The van der Waals surface area contributed by atoms with Crippen molar-refractivity contribution in [1.29, 1.82) is 0 Å². The van der Waals surface area contributed by atoms with Crippen LogP contribution >= 0.6 is 25.3 Å². The lowest BCUT2D eigenvalue weighted by Crippen LogP contribution is -3.00. The summed E-state index contributed by atoms with van der Waals surface area (Å²) in [6.45, 7) is 0. The van der Waals surface area contributed by atoms with E-state index >= 15 is 0 Å². The normalized spacial score (nSPS) is 8.11. The third-order valence-corrected chi connectivity index (χ3v) is 2.86. The van der Waals surface area contributed by atoms with E-state index in [0.717, 1.165) is 10.1 Å². The fourth-order valence-electron chi connectivity index (χ4n) is 1.02. The Kier molecular flexibility index (Phi) is 12.6. The molecule has 98 valence electrons. The zero-order valence-corrected chi connectivity index (χ0v) is 16.0. The Labute approximate surface area is 154 Å². The Bertz CT molecular complexity index is 382. The van der Waals surface area contributed by atoms with Gasteiger partial charge in [-0.15, -0.1) is 0 Å². The number of halogens is 2. The topological polar surface area (TPSA) is 7.76 Å². The number of hydrogen-bond acceptors (Lipinski definition) is 0. The van der Waals surface area contributed by atoms with Crippen LogP contribution in [0.3, 0.4) is 0 Å². The highest BCUT2D eigenvalue weighted by molar-refractivity contribution is 7.80. The van der Waals surface area contributed by atoms with Gasteiger partial charge >= 0.3 is 0 Å². The minimum Gasteiger partial charge on any atom is -1.00 e. The summed E-state index contributed by atoms with van der Waals surface area (Å²) >= 11 is 9.83. The van der Waals surface area contributed by atoms with Gasteiger partial charge in [0.2, 0.25) is 0 Å². The van der Waals surface area contributed by atoms with Crippen LogP contribution in [0, 0.1) is 0 Å². The highest BCUT2D eigenvalue weighted by atomic mass is 127. The van der Waals surface area contributed by atoms with Crippen molar-refractivity contribution in [3.05, 3.63) is 48.8 Å². The average Bonchev–Trinajstić information content (AvgIpc) is 2.28. The summed E-state index contributed by atoms with van der Waals surface area (Å²) in [5.41, 5.74) is 0. The molecule has 0 atom stereocenters. The van der Waals surface area contributed by atoms with Crippen LogP contribution in [-0.2, 0) is 14.1 Å². The van der Waals surface area contributed by atoms with Gasteiger partial charge in [-0.3, -0.25) is 0 Å². The van der Waals surface area contributed by atoms with Crippen molar-refractivity contribution in [2.75, 3.05) is 0 Å². The Hall–Kier alpha value is 0.200. The van der Waals surface area contributed by atoms with Crippen LogP contribution in [0.15, 0.2) is 58.8 Å². The molecule has 0 unspecified atom stereocenters. The Morgan fingerprint density at radius 3 is 1.22 bits per heavy atom. The molecule has 0 N–H and O–H groups in total.